The van der Waals surface area contributed by atoms with Gasteiger partial charge in [-0.1, -0.05) is 104 Å². The number of ketones is 3. The van der Waals surface area contributed by atoms with E-state index in [-0.39, 0.29) is 141 Å². The summed E-state index contributed by atoms with van der Waals surface area (Å²) in [5.41, 5.74) is 6.10. The quantitative estimate of drug-likeness (QED) is 0.0304. The van der Waals surface area contributed by atoms with Crippen molar-refractivity contribution in [3.05, 3.63) is 94.5 Å². The number of likely N-dealkylation sites (N-methyl/N-ethyl adjacent to an activating group) is 1. The summed E-state index contributed by atoms with van der Waals surface area (Å²) in [5.74, 6) is -5.52. The van der Waals surface area contributed by atoms with Crippen LogP contribution in [0.25, 0.3) is 0 Å². The summed E-state index contributed by atoms with van der Waals surface area (Å²) in [6.07, 6.45) is 7.97. The second-order valence-electron chi connectivity index (χ2n) is 27.3. The molecule has 3 aliphatic heterocycles. The van der Waals surface area contributed by atoms with Crippen LogP contribution in [0.15, 0.2) is 78.3 Å². The Kier molecular flexibility index (Phi) is 30.6. The van der Waals surface area contributed by atoms with Crippen molar-refractivity contribution in [3.8, 4) is 0 Å². The number of anilines is 1. The Hall–Kier alpha value is -7.70. The third kappa shape index (κ3) is 21.9. The monoisotopic (exact) mass is 1360 g/mol. The van der Waals surface area contributed by atoms with Gasteiger partial charge >= 0.3 is 12.1 Å². The smallest absolute Gasteiger partial charge is 0.410 e. The van der Waals surface area contributed by atoms with E-state index in [0.717, 1.165) is 21.9 Å². The van der Waals surface area contributed by atoms with Gasteiger partial charge in [0.05, 0.1) is 41.8 Å². The molecule has 3 aliphatic rings. The molecular weight excluding hydrogens is 1260 g/mol. The van der Waals surface area contributed by atoms with E-state index in [2.05, 4.69) is 33.1 Å². The van der Waals surface area contributed by atoms with Crippen molar-refractivity contribution in [2.75, 3.05) is 52.8 Å². The number of urea groups is 1. The molecule has 9 amide bonds. The SMILES string of the molecule is CC[C@H](C)[C@@H]([C@@H](CC(=O)N1CCC[C@H]1[C@H](OC)[C@@H](C)C(=O)C[C@@H](Cc1ccccc1)c1nccs1)OC)N(C)C(=O)[C@@H](CC(=O)[C@]1(C)CCCN1C(=O)OCc1ccc(NC(=O)[C@H](CCCNC(N)=O)CC(=O)[C@@H](NC(=O)CCCCCN2C(=O)C=CC2=O)C(C)C)cc1)C(C)C. The second kappa shape index (κ2) is 37.9. The number of carbonyl (C=O) groups excluding carboxylic acids is 11. The second-order valence-corrected chi connectivity index (χ2v) is 28.3. The number of carbonyl (C=O) groups is 11. The van der Waals surface area contributed by atoms with E-state index >= 15 is 0 Å². The number of unbranched alkanes of at least 4 members (excludes halogenated alkanes) is 2. The number of imide groups is 1. The number of rotatable bonds is 40. The average molecular weight is 1360 g/mol. The van der Waals surface area contributed by atoms with Gasteiger partial charge in [0.15, 0.2) is 11.6 Å². The summed E-state index contributed by atoms with van der Waals surface area (Å²) in [4.78, 5) is 159. The largest absolute Gasteiger partial charge is 0.445 e. The Morgan fingerprint density at radius 1 is 0.804 bits per heavy atom. The fraction of sp³-hybridized carbons (Fsp3) is 0.616. The summed E-state index contributed by atoms with van der Waals surface area (Å²) in [7, 11) is 4.85. The molecule has 532 valence electrons. The third-order valence-corrected chi connectivity index (χ3v) is 20.8. The van der Waals surface area contributed by atoms with Gasteiger partial charge in [-0.25, -0.2) is 14.6 Å². The Morgan fingerprint density at radius 3 is 2.12 bits per heavy atom. The lowest BCUT2D eigenvalue weighted by molar-refractivity contribution is -0.149. The normalized spacial score (nSPS) is 19.0. The van der Waals surface area contributed by atoms with E-state index in [1.807, 2.05) is 63.1 Å². The van der Waals surface area contributed by atoms with Gasteiger partial charge in [0.25, 0.3) is 11.8 Å². The van der Waals surface area contributed by atoms with Crippen molar-refractivity contribution >= 4 is 81.9 Å². The van der Waals surface area contributed by atoms with Gasteiger partial charge in [0.2, 0.25) is 23.6 Å². The molecule has 0 spiro atoms. The highest BCUT2D eigenvalue weighted by atomic mass is 32.1. The number of ether oxygens (including phenoxy) is 3. The van der Waals surface area contributed by atoms with Crippen molar-refractivity contribution in [3.63, 3.8) is 0 Å². The summed E-state index contributed by atoms with van der Waals surface area (Å²) in [6, 6.07) is 14.1. The Labute approximate surface area is 576 Å². The number of nitrogens with zero attached hydrogens (tertiary/aromatic N) is 5. The number of nitrogens with two attached hydrogens (primary N) is 1. The molecule has 5 N–H and O–H groups in total. The summed E-state index contributed by atoms with van der Waals surface area (Å²) >= 11 is 1.54. The molecule has 0 bridgehead atoms. The highest BCUT2D eigenvalue weighted by Gasteiger charge is 2.49. The lowest BCUT2D eigenvalue weighted by Crippen LogP contribution is -2.55. The molecule has 11 atom stereocenters. The molecule has 0 saturated carbocycles. The highest BCUT2D eigenvalue weighted by molar-refractivity contribution is 7.09. The van der Waals surface area contributed by atoms with Gasteiger partial charge in [-0.3, -0.25) is 53.0 Å². The standard InChI is InChI=1S/C73H105N9O14S/c1-12-48(6)66(59(94-10)44-64(89)80-37-20-25-56(80)67(95-11)49(7)57(83)42-53(69-75-35-39-97-69)40-50-22-15-13-16-23-50)79(9)70(91)55(46(2)3)43-60(85)73(8)33-21-38-82(73)72(93)96-45-51-27-29-54(30-28-51)77-68(90)52(24-19-34-76-71(74)92)41-58(84)65(47(4)5)78-61(86)26-17-14-18-36-81-62(87)31-32-63(81)88/h13,15-16,22-23,27-32,35,39,46-49,52-53,55-56,59,65-67H,12,14,17-21,24-26,33-34,36-38,40-45H2,1-11H3,(H,77,90)(H,78,86)(H3,74,76,92)/t48-,49-,52+,53+,55-,56-,59+,65-,66-,67+,73-/m0/s1. The number of likely N-dealkylation sites (tertiary alicyclic amines) is 2. The minimum Gasteiger partial charge on any atom is -0.445 e. The van der Waals surface area contributed by atoms with Crippen LogP contribution < -0.4 is 21.7 Å². The number of thiazole rings is 1. The first-order chi connectivity index (χ1) is 46.2. The van der Waals surface area contributed by atoms with Crippen LogP contribution in [0.2, 0.25) is 0 Å². The zero-order valence-electron chi connectivity index (χ0n) is 58.7. The average Bonchev–Trinajstić information content (AvgIpc) is 1.09. The van der Waals surface area contributed by atoms with Crippen LogP contribution in [0.1, 0.15) is 174 Å². The zero-order valence-corrected chi connectivity index (χ0v) is 59.5. The van der Waals surface area contributed by atoms with Crippen LogP contribution in [0, 0.1) is 35.5 Å². The van der Waals surface area contributed by atoms with Crippen LogP contribution in [-0.2, 0) is 70.4 Å². The number of aromatic nitrogens is 1. The maximum atomic E-state index is 15.0. The molecule has 97 heavy (non-hydrogen) atoms. The first-order valence-electron chi connectivity index (χ1n) is 34.6. The van der Waals surface area contributed by atoms with Gasteiger partial charge in [-0.05, 0) is 106 Å². The summed E-state index contributed by atoms with van der Waals surface area (Å²) in [6.45, 7) is 16.0. The molecule has 24 heteroatoms. The van der Waals surface area contributed by atoms with E-state index in [4.69, 9.17) is 19.9 Å². The predicted octanol–water partition coefficient (Wildman–Crippen LogP) is 9.36. The van der Waals surface area contributed by atoms with E-state index in [1.54, 1.807) is 77.4 Å². The fourth-order valence-corrected chi connectivity index (χ4v) is 14.6. The molecule has 2 fully saturated rings. The molecule has 2 aromatic carbocycles. The van der Waals surface area contributed by atoms with E-state index in [0.29, 0.717) is 75.6 Å². The predicted molar refractivity (Wildman–Crippen MR) is 369 cm³/mol. The Morgan fingerprint density at radius 2 is 1.51 bits per heavy atom. The molecule has 0 unspecified atom stereocenters. The number of Topliss-reactive ketones (excluding diaryl/α,β-unsaturated/α-hetero) is 3. The van der Waals surface area contributed by atoms with Gasteiger partial charge in [-0.15, -0.1) is 11.3 Å². The molecule has 2 saturated heterocycles. The molecule has 0 radical (unpaired) electrons. The number of benzene rings is 2. The Balaban J connectivity index is 1.03. The molecule has 4 heterocycles. The summed E-state index contributed by atoms with van der Waals surface area (Å²) < 4.78 is 18.1. The minimum atomic E-state index is -1.27. The lowest BCUT2D eigenvalue weighted by Gasteiger charge is -2.41. The van der Waals surface area contributed by atoms with Gasteiger partial charge < -0.3 is 45.7 Å². The maximum Gasteiger partial charge on any atom is 0.410 e. The highest BCUT2D eigenvalue weighted by Crippen LogP contribution is 2.37. The number of nitrogens with one attached hydrogen (secondary N) is 3. The molecule has 3 aromatic rings. The van der Waals surface area contributed by atoms with Gasteiger partial charge in [-0.2, -0.15) is 0 Å². The van der Waals surface area contributed by atoms with Gasteiger partial charge in [0.1, 0.15) is 17.9 Å². The number of primary amides is 1. The first kappa shape index (κ1) is 78.3. The maximum absolute atomic E-state index is 15.0. The first-order valence-corrected chi connectivity index (χ1v) is 35.4. The molecule has 1 aromatic heterocycles. The van der Waals surface area contributed by atoms with Crippen LogP contribution >= 0.6 is 11.3 Å². The minimum absolute atomic E-state index is 0.0306. The number of amides is 9. The molecular formula is C73H105N9O14S. The third-order valence-electron chi connectivity index (χ3n) is 19.9. The van der Waals surface area contributed by atoms with Crippen LogP contribution in [0.3, 0.4) is 0 Å². The topological polar surface area (TPSA) is 303 Å². The number of hydrogen-bond donors (Lipinski definition) is 4. The molecule has 6 rings (SSSR count). The van der Waals surface area contributed by atoms with Gasteiger partial charge in [0, 0.05) is 126 Å². The van der Waals surface area contributed by atoms with Crippen LogP contribution in [-0.4, -0.2) is 173 Å². The van der Waals surface area contributed by atoms with Crippen LogP contribution in [0.5, 0.6) is 0 Å². The van der Waals surface area contributed by atoms with Crippen molar-refractivity contribution in [1.82, 2.24) is 35.2 Å². The van der Waals surface area contributed by atoms with Crippen molar-refractivity contribution in [2.24, 2.45) is 41.2 Å². The van der Waals surface area contributed by atoms with E-state index in [1.165, 1.54) is 28.4 Å². The number of methoxy groups -OCH3 is 2. The van der Waals surface area contributed by atoms with Crippen molar-refractivity contribution in [1.29, 1.82) is 0 Å². The van der Waals surface area contributed by atoms with E-state index in [9.17, 15) is 52.7 Å². The molecule has 23 nitrogen and oxygen atoms in total. The zero-order chi connectivity index (χ0) is 71.1. The molecule has 0 aliphatic carbocycles. The van der Waals surface area contributed by atoms with Crippen LogP contribution in [0.4, 0.5) is 15.3 Å². The van der Waals surface area contributed by atoms with Crippen molar-refractivity contribution in [2.45, 2.75) is 207 Å². The fourth-order valence-electron chi connectivity index (χ4n) is 13.8. The number of hydrogen-bond acceptors (Lipinski definition) is 16. The summed E-state index contributed by atoms with van der Waals surface area (Å²) in [5, 5.41) is 11.0. The Bertz CT molecular complexity index is 3160. The van der Waals surface area contributed by atoms with E-state index < -0.39 is 65.6 Å². The lowest BCUT2D eigenvalue weighted by atomic mass is 9.81. The van der Waals surface area contributed by atoms with Crippen molar-refractivity contribution < 1.29 is 67.0 Å².